The molecule has 0 aromatic heterocycles. The number of benzene rings is 2. The molecule has 2 aromatic rings. The maximum Gasteiger partial charge on any atom is 0.233 e. The normalized spacial score (nSPS) is 24.3. The molecular weight excluding hydrogens is 360 g/mol. The summed E-state index contributed by atoms with van der Waals surface area (Å²) in [5, 5.41) is 0. The highest BCUT2D eigenvalue weighted by Gasteiger charge is 2.46. The molecule has 0 spiro atoms. The van der Waals surface area contributed by atoms with Gasteiger partial charge in [0.15, 0.2) is 0 Å². The number of amides is 1. The number of carbonyl (C=O) groups is 1. The molecule has 0 aliphatic carbocycles. The van der Waals surface area contributed by atoms with E-state index in [1.165, 1.54) is 11.1 Å². The van der Waals surface area contributed by atoms with Crippen molar-refractivity contribution in [2.75, 3.05) is 32.8 Å². The summed E-state index contributed by atoms with van der Waals surface area (Å²) in [6.07, 6.45) is 3.77. The first kappa shape index (κ1) is 18.8. The Morgan fingerprint density at radius 1 is 0.931 bits per heavy atom. The lowest BCUT2D eigenvalue weighted by Crippen LogP contribution is -2.50. The fourth-order valence-electron chi connectivity index (χ4n) is 5.46. The number of hydrogen-bond donors (Lipinski definition) is 0. The maximum atomic E-state index is 13.8. The molecule has 152 valence electrons. The van der Waals surface area contributed by atoms with Crippen LogP contribution in [-0.2, 0) is 27.9 Å². The summed E-state index contributed by atoms with van der Waals surface area (Å²) in [6.45, 7) is 5.18. The molecule has 0 N–H and O–H groups in total. The molecule has 3 aliphatic heterocycles. The lowest BCUT2D eigenvalue weighted by molar-refractivity contribution is -0.140. The van der Waals surface area contributed by atoms with Crippen LogP contribution in [0.5, 0.6) is 0 Å². The van der Waals surface area contributed by atoms with Gasteiger partial charge >= 0.3 is 0 Å². The van der Waals surface area contributed by atoms with Gasteiger partial charge in [-0.1, -0.05) is 54.6 Å². The van der Waals surface area contributed by atoms with Crippen LogP contribution in [0.1, 0.15) is 36.0 Å². The summed E-state index contributed by atoms with van der Waals surface area (Å²) >= 11 is 0. The van der Waals surface area contributed by atoms with Gasteiger partial charge in [-0.25, -0.2) is 0 Å². The second-order valence-corrected chi connectivity index (χ2v) is 8.74. The van der Waals surface area contributed by atoms with E-state index in [0.29, 0.717) is 25.2 Å². The first-order valence-corrected chi connectivity index (χ1v) is 11.0. The van der Waals surface area contributed by atoms with Crippen molar-refractivity contribution in [2.45, 2.75) is 43.7 Å². The largest absolute Gasteiger partial charge is 0.381 e. The summed E-state index contributed by atoms with van der Waals surface area (Å²) in [6, 6.07) is 19.6. The van der Waals surface area contributed by atoms with Crippen molar-refractivity contribution >= 4 is 5.91 Å². The van der Waals surface area contributed by atoms with Gasteiger partial charge in [0.1, 0.15) is 0 Å². The number of likely N-dealkylation sites (tertiary alicyclic amines) is 1. The van der Waals surface area contributed by atoms with E-state index < -0.39 is 5.41 Å². The van der Waals surface area contributed by atoms with Gasteiger partial charge in [0, 0.05) is 45.4 Å². The second-order valence-electron chi connectivity index (χ2n) is 8.74. The molecule has 0 unspecified atom stereocenters. The Bertz CT molecular complexity index is 860. The van der Waals surface area contributed by atoms with Crippen LogP contribution < -0.4 is 0 Å². The molecule has 5 rings (SSSR count). The van der Waals surface area contributed by atoms with Crippen molar-refractivity contribution in [3.63, 3.8) is 0 Å². The minimum atomic E-state index is -0.414. The van der Waals surface area contributed by atoms with E-state index in [9.17, 15) is 4.79 Å². The van der Waals surface area contributed by atoms with Gasteiger partial charge in [0.2, 0.25) is 5.91 Å². The number of rotatable bonds is 3. The number of ether oxygens (including phenoxy) is 1. The zero-order valence-electron chi connectivity index (χ0n) is 17.1. The lowest BCUT2D eigenvalue weighted by Gasteiger charge is -2.39. The van der Waals surface area contributed by atoms with E-state index in [2.05, 4.69) is 58.3 Å². The van der Waals surface area contributed by atoms with Gasteiger partial charge in [-0.15, -0.1) is 0 Å². The maximum absolute atomic E-state index is 13.8. The summed E-state index contributed by atoms with van der Waals surface area (Å²) in [7, 11) is 0. The van der Waals surface area contributed by atoms with Crippen molar-refractivity contribution in [3.05, 3.63) is 71.3 Å². The topological polar surface area (TPSA) is 32.8 Å². The summed E-state index contributed by atoms with van der Waals surface area (Å²) in [4.78, 5) is 18.5. The summed E-state index contributed by atoms with van der Waals surface area (Å²) in [5.41, 5.74) is 3.68. The Labute approximate surface area is 173 Å². The van der Waals surface area contributed by atoms with Gasteiger partial charge in [-0.2, -0.15) is 0 Å². The van der Waals surface area contributed by atoms with Gasteiger partial charge in [0.05, 0.1) is 5.41 Å². The monoisotopic (exact) mass is 390 g/mol. The molecule has 4 nitrogen and oxygen atoms in total. The highest BCUT2D eigenvalue weighted by molar-refractivity contribution is 5.88. The third-order valence-corrected chi connectivity index (χ3v) is 7.21. The van der Waals surface area contributed by atoms with Gasteiger partial charge in [-0.3, -0.25) is 9.69 Å². The molecule has 3 heterocycles. The van der Waals surface area contributed by atoms with E-state index >= 15 is 0 Å². The Balaban J connectivity index is 1.32. The van der Waals surface area contributed by atoms with Crippen molar-refractivity contribution in [3.8, 4) is 0 Å². The van der Waals surface area contributed by atoms with Crippen molar-refractivity contribution in [1.82, 2.24) is 9.80 Å². The smallest absolute Gasteiger partial charge is 0.233 e. The SMILES string of the molecule is O=C(N1CC[C@@H](N2CCc3ccccc3C2)C1)C1(c2ccccc2)CCOCC1. The van der Waals surface area contributed by atoms with Crippen LogP contribution >= 0.6 is 0 Å². The molecule has 29 heavy (non-hydrogen) atoms. The average molecular weight is 391 g/mol. The van der Waals surface area contributed by atoms with E-state index in [1.54, 1.807) is 0 Å². The molecular formula is C25H30N2O2. The average Bonchev–Trinajstić information content (AvgIpc) is 3.29. The fraction of sp³-hybridized carbons (Fsp3) is 0.480. The molecule has 2 aromatic carbocycles. The molecule has 0 bridgehead atoms. The molecule has 1 amide bonds. The molecule has 4 heteroatoms. The van der Waals surface area contributed by atoms with Gasteiger partial charge < -0.3 is 9.64 Å². The Hall–Kier alpha value is -2.17. The lowest BCUT2D eigenvalue weighted by atomic mass is 9.73. The van der Waals surface area contributed by atoms with Crippen LogP contribution in [-0.4, -0.2) is 54.6 Å². The summed E-state index contributed by atoms with van der Waals surface area (Å²) in [5.74, 6) is 0.312. The Morgan fingerprint density at radius 2 is 1.66 bits per heavy atom. The molecule has 2 fully saturated rings. The van der Waals surface area contributed by atoms with Crippen LogP contribution in [0.25, 0.3) is 0 Å². The molecule has 0 radical (unpaired) electrons. The molecule has 1 atom stereocenters. The van der Waals surface area contributed by atoms with E-state index in [4.69, 9.17) is 4.74 Å². The number of carbonyl (C=O) groups excluding carboxylic acids is 1. The first-order valence-electron chi connectivity index (χ1n) is 11.0. The van der Waals surface area contributed by atoms with Crippen molar-refractivity contribution in [2.24, 2.45) is 0 Å². The third kappa shape index (κ3) is 3.49. The number of nitrogens with zero attached hydrogens (tertiary/aromatic N) is 2. The van der Waals surface area contributed by atoms with E-state index in [-0.39, 0.29) is 0 Å². The highest BCUT2D eigenvalue weighted by Crippen LogP contribution is 2.38. The fourth-order valence-corrected chi connectivity index (χ4v) is 5.46. The quantitative estimate of drug-likeness (QED) is 0.805. The summed E-state index contributed by atoms with van der Waals surface area (Å²) < 4.78 is 5.63. The molecule has 0 saturated carbocycles. The standard InChI is InChI=1S/C25H30N2O2/c28-24(25(12-16-29-17-13-25)22-8-2-1-3-9-22)27-15-11-23(19-27)26-14-10-20-6-4-5-7-21(20)18-26/h1-9,23H,10-19H2/t23-/m1/s1. The van der Waals surface area contributed by atoms with Crippen LogP contribution in [0.15, 0.2) is 54.6 Å². The molecule has 2 saturated heterocycles. The first-order chi connectivity index (χ1) is 14.3. The van der Waals surface area contributed by atoms with Crippen LogP contribution in [0.4, 0.5) is 0 Å². The van der Waals surface area contributed by atoms with Gasteiger partial charge in [0.25, 0.3) is 0 Å². The van der Waals surface area contributed by atoms with Crippen LogP contribution in [0, 0.1) is 0 Å². The van der Waals surface area contributed by atoms with Crippen molar-refractivity contribution < 1.29 is 9.53 Å². The number of fused-ring (bicyclic) bond motifs is 1. The number of hydrogen-bond acceptors (Lipinski definition) is 3. The van der Waals surface area contributed by atoms with Crippen molar-refractivity contribution in [1.29, 1.82) is 0 Å². The Kier molecular flexibility index (Phi) is 5.15. The predicted octanol–water partition coefficient (Wildman–Crippen LogP) is 3.39. The van der Waals surface area contributed by atoms with E-state index in [1.807, 2.05) is 6.07 Å². The minimum absolute atomic E-state index is 0.312. The third-order valence-electron chi connectivity index (χ3n) is 7.21. The van der Waals surface area contributed by atoms with Crippen LogP contribution in [0.3, 0.4) is 0 Å². The second kappa shape index (κ2) is 7.92. The zero-order valence-corrected chi connectivity index (χ0v) is 17.1. The van der Waals surface area contributed by atoms with Crippen LogP contribution in [0.2, 0.25) is 0 Å². The van der Waals surface area contributed by atoms with E-state index in [0.717, 1.165) is 57.4 Å². The predicted molar refractivity (Wildman–Crippen MR) is 114 cm³/mol. The minimum Gasteiger partial charge on any atom is -0.381 e. The highest BCUT2D eigenvalue weighted by atomic mass is 16.5. The molecule has 3 aliphatic rings. The zero-order chi connectivity index (χ0) is 19.7. The Morgan fingerprint density at radius 3 is 2.45 bits per heavy atom. The van der Waals surface area contributed by atoms with Gasteiger partial charge in [-0.05, 0) is 42.4 Å².